The molecule has 2 nitrogen and oxygen atoms in total. The first-order valence-electron chi connectivity index (χ1n) is 4.94. The summed E-state index contributed by atoms with van der Waals surface area (Å²) < 4.78 is 27.1. The molecular weight excluding hydrogens is 325 g/mol. The second-order valence-corrected chi connectivity index (χ2v) is 4.84. The van der Waals surface area contributed by atoms with Crippen LogP contribution in [-0.4, -0.2) is 0 Å². The van der Waals surface area contributed by atoms with Crippen molar-refractivity contribution in [3.8, 4) is 0 Å². The van der Waals surface area contributed by atoms with Crippen molar-refractivity contribution in [2.45, 2.75) is 0 Å². The Balaban J connectivity index is 2.40. The zero-order valence-corrected chi connectivity index (χ0v) is 11.3. The lowest BCUT2D eigenvalue weighted by Gasteiger charge is -2.11. The average Bonchev–Trinajstić information content (AvgIpc) is 2.32. The highest BCUT2D eigenvalue weighted by Gasteiger charge is 2.10. The van der Waals surface area contributed by atoms with E-state index in [1.54, 1.807) is 6.07 Å². The first-order chi connectivity index (χ1) is 8.49. The second kappa shape index (κ2) is 5.12. The van der Waals surface area contributed by atoms with E-state index in [-0.39, 0.29) is 20.9 Å². The van der Waals surface area contributed by atoms with Crippen LogP contribution in [0.25, 0.3) is 0 Å². The zero-order chi connectivity index (χ0) is 13.3. The van der Waals surface area contributed by atoms with E-state index in [9.17, 15) is 8.78 Å². The molecule has 0 fully saturated rings. The number of benzene rings is 2. The number of hydrogen-bond donors (Lipinski definition) is 2. The molecule has 2 aromatic carbocycles. The Morgan fingerprint density at radius 2 is 1.89 bits per heavy atom. The summed E-state index contributed by atoms with van der Waals surface area (Å²) in [6.45, 7) is 0. The number of nitrogens with one attached hydrogen (secondary N) is 1. The molecule has 0 amide bonds. The van der Waals surface area contributed by atoms with Crippen molar-refractivity contribution in [2.24, 2.45) is 0 Å². The molecule has 0 aromatic heterocycles. The number of hydrogen-bond acceptors (Lipinski definition) is 2. The molecule has 0 unspecified atom stereocenters. The van der Waals surface area contributed by atoms with Gasteiger partial charge in [0.2, 0.25) is 0 Å². The molecule has 18 heavy (non-hydrogen) atoms. The van der Waals surface area contributed by atoms with Gasteiger partial charge in [-0.15, -0.1) is 0 Å². The molecule has 0 saturated heterocycles. The van der Waals surface area contributed by atoms with E-state index in [2.05, 4.69) is 21.2 Å². The molecule has 3 N–H and O–H groups in total. The zero-order valence-electron chi connectivity index (χ0n) is 8.98. The summed E-state index contributed by atoms with van der Waals surface area (Å²) in [6.07, 6.45) is 0. The predicted molar refractivity (Wildman–Crippen MR) is 73.2 cm³/mol. The summed E-state index contributed by atoms with van der Waals surface area (Å²) in [5, 5.41) is 2.77. The normalized spacial score (nSPS) is 10.4. The average molecular weight is 334 g/mol. The Bertz CT molecular complexity index is 605. The minimum Gasteiger partial charge on any atom is -0.397 e. The maximum absolute atomic E-state index is 13.7. The fraction of sp³-hybridized carbons (Fsp3) is 0. The molecule has 2 rings (SSSR count). The van der Waals surface area contributed by atoms with E-state index in [4.69, 9.17) is 17.3 Å². The molecule has 0 aliphatic heterocycles. The molecule has 0 aliphatic carbocycles. The fourth-order valence-electron chi connectivity index (χ4n) is 1.42. The minimum absolute atomic E-state index is 0.000233. The van der Waals surface area contributed by atoms with Crippen molar-refractivity contribution in [3.05, 3.63) is 51.5 Å². The number of anilines is 3. The third-order valence-electron chi connectivity index (χ3n) is 2.31. The van der Waals surface area contributed by atoms with E-state index in [0.29, 0.717) is 5.69 Å². The van der Waals surface area contributed by atoms with Gasteiger partial charge in [0.1, 0.15) is 5.82 Å². The predicted octanol–water partition coefficient (Wildman–Crippen LogP) is 4.71. The Kier molecular flexibility index (Phi) is 3.73. The topological polar surface area (TPSA) is 38.0 Å². The lowest BCUT2D eigenvalue weighted by molar-refractivity contribution is 0.622. The molecule has 0 atom stereocenters. The van der Waals surface area contributed by atoms with Gasteiger partial charge in [-0.3, -0.25) is 0 Å². The van der Waals surface area contributed by atoms with Gasteiger partial charge in [0, 0.05) is 6.07 Å². The number of nitrogen functional groups attached to an aromatic ring is 1. The van der Waals surface area contributed by atoms with Crippen LogP contribution in [0.3, 0.4) is 0 Å². The smallest absolute Gasteiger partial charge is 0.165 e. The van der Waals surface area contributed by atoms with Gasteiger partial charge < -0.3 is 11.1 Å². The minimum atomic E-state index is -0.584. The van der Waals surface area contributed by atoms with Crippen LogP contribution in [0, 0.1) is 11.6 Å². The largest absolute Gasteiger partial charge is 0.397 e. The van der Waals surface area contributed by atoms with Gasteiger partial charge in [-0.25, -0.2) is 8.78 Å². The summed E-state index contributed by atoms with van der Waals surface area (Å²) >= 11 is 8.70. The first kappa shape index (κ1) is 13.1. The molecule has 6 heteroatoms. The third kappa shape index (κ3) is 2.57. The van der Waals surface area contributed by atoms with Crippen molar-refractivity contribution in [1.29, 1.82) is 0 Å². The summed E-state index contributed by atoms with van der Waals surface area (Å²) in [7, 11) is 0. The van der Waals surface area contributed by atoms with Gasteiger partial charge in [0.25, 0.3) is 0 Å². The summed E-state index contributed by atoms with van der Waals surface area (Å²) in [5.74, 6) is -1.07. The van der Waals surface area contributed by atoms with E-state index in [1.807, 2.05) is 0 Å². The van der Waals surface area contributed by atoms with Gasteiger partial charge in [-0.1, -0.05) is 17.7 Å². The van der Waals surface area contributed by atoms with E-state index >= 15 is 0 Å². The van der Waals surface area contributed by atoms with E-state index in [1.165, 1.54) is 18.2 Å². The van der Waals surface area contributed by atoms with Crippen LogP contribution in [0.2, 0.25) is 5.02 Å². The second-order valence-electron chi connectivity index (χ2n) is 3.58. The van der Waals surface area contributed by atoms with Crippen LogP contribution in [0.15, 0.2) is 34.8 Å². The maximum Gasteiger partial charge on any atom is 0.165 e. The molecule has 2 aromatic rings. The lowest BCUT2D eigenvalue weighted by atomic mass is 10.2. The van der Waals surface area contributed by atoms with Crippen molar-refractivity contribution < 1.29 is 8.78 Å². The highest BCUT2D eigenvalue weighted by atomic mass is 79.9. The molecule has 94 valence electrons. The molecule has 0 heterocycles. The first-order valence-corrected chi connectivity index (χ1v) is 6.11. The Morgan fingerprint density at radius 1 is 1.17 bits per heavy atom. The van der Waals surface area contributed by atoms with Crippen LogP contribution >= 0.6 is 27.5 Å². The van der Waals surface area contributed by atoms with Gasteiger partial charge >= 0.3 is 0 Å². The fourth-order valence-corrected chi connectivity index (χ4v) is 1.93. The van der Waals surface area contributed by atoms with Gasteiger partial charge in [0.05, 0.1) is 26.6 Å². The quantitative estimate of drug-likeness (QED) is 0.781. The molecule has 0 spiro atoms. The number of halogens is 4. The highest BCUT2D eigenvalue weighted by Crippen LogP contribution is 2.31. The van der Waals surface area contributed by atoms with E-state index in [0.717, 1.165) is 6.07 Å². The van der Waals surface area contributed by atoms with Crippen LogP contribution in [0.1, 0.15) is 0 Å². The molecular formula is C12H8BrClF2N2. The van der Waals surface area contributed by atoms with Gasteiger partial charge in [-0.2, -0.15) is 0 Å². The monoisotopic (exact) mass is 332 g/mol. The van der Waals surface area contributed by atoms with Crippen molar-refractivity contribution in [1.82, 2.24) is 0 Å². The Morgan fingerprint density at radius 3 is 2.61 bits per heavy atom. The lowest BCUT2D eigenvalue weighted by Crippen LogP contribution is -1.99. The van der Waals surface area contributed by atoms with Crippen LogP contribution in [0.5, 0.6) is 0 Å². The molecule has 0 bridgehead atoms. The van der Waals surface area contributed by atoms with Crippen molar-refractivity contribution >= 4 is 44.6 Å². The molecule has 0 saturated carbocycles. The van der Waals surface area contributed by atoms with Crippen LogP contribution in [-0.2, 0) is 0 Å². The SMILES string of the molecule is Nc1cc(F)c(Br)cc1Nc1cccc(Cl)c1F. The standard InChI is InChI=1S/C12H8BrClF2N2/c13-6-4-11(9(17)5-8(6)15)18-10-3-1-2-7(14)12(10)16/h1-5,18H,17H2. The molecule has 0 radical (unpaired) electrons. The highest BCUT2D eigenvalue weighted by molar-refractivity contribution is 9.10. The summed E-state index contributed by atoms with van der Waals surface area (Å²) in [6, 6.07) is 7.13. The van der Waals surface area contributed by atoms with Gasteiger partial charge in [-0.05, 0) is 34.1 Å². The Labute approximate surface area is 116 Å². The number of nitrogens with two attached hydrogens (primary N) is 1. The van der Waals surface area contributed by atoms with Crippen molar-refractivity contribution in [3.63, 3.8) is 0 Å². The van der Waals surface area contributed by atoms with Crippen LogP contribution < -0.4 is 11.1 Å². The number of rotatable bonds is 2. The van der Waals surface area contributed by atoms with Crippen LogP contribution in [0.4, 0.5) is 25.8 Å². The molecule has 0 aliphatic rings. The summed E-state index contributed by atoms with van der Waals surface area (Å²) in [4.78, 5) is 0. The van der Waals surface area contributed by atoms with E-state index < -0.39 is 11.6 Å². The van der Waals surface area contributed by atoms with Crippen molar-refractivity contribution in [2.75, 3.05) is 11.1 Å². The van der Waals surface area contributed by atoms with Gasteiger partial charge in [0.15, 0.2) is 5.82 Å². The third-order valence-corrected chi connectivity index (χ3v) is 3.21. The maximum atomic E-state index is 13.7. The summed E-state index contributed by atoms with van der Waals surface area (Å²) in [5.41, 5.74) is 6.39. The Hall–Kier alpha value is -1.33.